The molecule has 2 aromatic carbocycles. The number of Topliss-reactive ketones (excluding diaryl/α,β-unsaturated/α-hetero) is 1. The van der Waals surface area contributed by atoms with Gasteiger partial charge in [0.25, 0.3) is 5.91 Å². The minimum absolute atomic E-state index is 0.0102. The second kappa shape index (κ2) is 7.83. The molecule has 1 amide bonds. The average Bonchev–Trinajstić information content (AvgIpc) is 3.16. The Labute approximate surface area is 157 Å². The van der Waals surface area contributed by atoms with Crippen molar-refractivity contribution in [3.8, 4) is 11.5 Å². The Balaban J connectivity index is 1.85. The summed E-state index contributed by atoms with van der Waals surface area (Å²) < 4.78 is 10.7. The predicted molar refractivity (Wildman–Crippen MR) is 102 cm³/mol. The second-order valence-electron chi connectivity index (χ2n) is 5.97. The summed E-state index contributed by atoms with van der Waals surface area (Å²) in [5, 5.41) is -0.0743. The molecule has 0 spiro atoms. The van der Waals surface area contributed by atoms with E-state index < -0.39 is 0 Å². The highest BCUT2D eigenvalue weighted by Gasteiger charge is 2.31. The number of hydrogen-bond acceptors (Lipinski definition) is 5. The van der Waals surface area contributed by atoms with Crippen molar-refractivity contribution in [2.75, 3.05) is 26.5 Å². The highest BCUT2D eigenvalue weighted by molar-refractivity contribution is 7.99. The van der Waals surface area contributed by atoms with Gasteiger partial charge in [0.15, 0.2) is 17.3 Å². The maximum Gasteiger partial charge on any atom is 0.255 e. The standard InChI is InChI=1S/C20H21NO4S/c1-13(22)14-4-6-15(7-5-14)19(23)21-10-11-26-20(21)16-8-9-17(24-2)18(12-16)25-3/h4-9,12,20H,10-11H2,1-3H3. The molecule has 0 aliphatic carbocycles. The molecule has 5 nitrogen and oxygen atoms in total. The van der Waals surface area contributed by atoms with Crippen molar-refractivity contribution in [1.29, 1.82) is 0 Å². The lowest BCUT2D eigenvalue weighted by Crippen LogP contribution is -2.30. The number of nitrogens with zero attached hydrogens (tertiary/aromatic N) is 1. The van der Waals surface area contributed by atoms with Gasteiger partial charge in [0.1, 0.15) is 5.37 Å². The average molecular weight is 371 g/mol. The van der Waals surface area contributed by atoms with Crippen LogP contribution in [-0.4, -0.2) is 43.1 Å². The number of carbonyl (C=O) groups excluding carboxylic acids is 2. The van der Waals surface area contributed by atoms with E-state index >= 15 is 0 Å². The number of ether oxygens (including phenoxy) is 2. The summed E-state index contributed by atoms with van der Waals surface area (Å²) in [5.41, 5.74) is 2.19. The number of amides is 1. The monoisotopic (exact) mass is 371 g/mol. The van der Waals surface area contributed by atoms with Gasteiger partial charge in [0, 0.05) is 23.4 Å². The number of ketones is 1. The van der Waals surface area contributed by atoms with E-state index in [4.69, 9.17) is 9.47 Å². The van der Waals surface area contributed by atoms with Crippen molar-refractivity contribution < 1.29 is 19.1 Å². The van der Waals surface area contributed by atoms with Crippen LogP contribution in [0.3, 0.4) is 0 Å². The molecule has 0 bridgehead atoms. The zero-order chi connectivity index (χ0) is 18.7. The first-order valence-electron chi connectivity index (χ1n) is 8.30. The fourth-order valence-electron chi connectivity index (χ4n) is 2.97. The van der Waals surface area contributed by atoms with Crippen LogP contribution in [0.2, 0.25) is 0 Å². The molecule has 1 aliphatic heterocycles. The van der Waals surface area contributed by atoms with Gasteiger partial charge in [-0.1, -0.05) is 18.2 Å². The van der Waals surface area contributed by atoms with Gasteiger partial charge in [-0.2, -0.15) is 0 Å². The Kier molecular flexibility index (Phi) is 5.52. The van der Waals surface area contributed by atoms with Crippen molar-refractivity contribution in [2.45, 2.75) is 12.3 Å². The number of hydrogen-bond donors (Lipinski definition) is 0. The Morgan fingerprint density at radius 3 is 2.27 bits per heavy atom. The minimum atomic E-state index is -0.0743. The van der Waals surface area contributed by atoms with E-state index in [2.05, 4.69) is 0 Å². The molecule has 1 atom stereocenters. The number of carbonyl (C=O) groups is 2. The lowest BCUT2D eigenvalue weighted by atomic mass is 10.1. The van der Waals surface area contributed by atoms with Crippen LogP contribution < -0.4 is 9.47 Å². The molecule has 1 saturated heterocycles. The maximum atomic E-state index is 13.0. The Hall–Kier alpha value is -2.47. The number of thioether (sulfide) groups is 1. The van der Waals surface area contributed by atoms with Gasteiger partial charge >= 0.3 is 0 Å². The zero-order valence-electron chi connectivity index (χ0n) is 15.0. The Bertz CT molecular complexity index is 819. The molecule has 0 aromatic heterocycles. The molecule has 0 saturated carbocycles. The van der Waals surface area contributed by atoms with Crippen molar-refractivity contribution in [2.24, 2.45) is 0 Å². The van der Waals surface area contributed by atoms with E-state index in [-0.39, 0.29) is 17.1 Å². The predicted octanol–water partition coefficient (Wildman–Crippen LogP) is 3.79. The fourth-order valence-corrected chi connectivity index (χ4v) is 4.22. The van der Waals surface area contributed by atoms with E-state index in [1.54, 1.807) is 50.2 Å². The van der Waals surface area contributed by atoms with Crippen molar-refractivity contribution in [1.82, 2.24) is 4.90 Å². The topological polar surface area (TPSA) is 55.8 Å². The lowest BCUT2D eigenvalue weighted by Gasteiger charge is -2.25. The molecule has 1 heterocycles. The summed E-state index contributed by atoms with van der Waals surface area (Å²) in [4.78, 5) is 26.2. The summed E-state index contributed by atoms with van der Waals surface area (Å²) in [6.07, 6.45) is 0. The van der Waals surface area contributed by atoms with E-state index in [1.165, 1.54) is 6.92 Å². The quantitative estimate of drug-likeness (QED) is 0.749. The second-order valence-corrected chi connectivity index (χ2v) is 7.16. The molecule has 1 unspecified atom stereocenters. The summed E-state index contributed by atoms with van der Waals surface area (Å²) in [6.45, 7) is 2.19. The van der Waals surface area contributed by atoms with Gasteiger partial charge < -0.3 is 14.4 Å². The van der Waals surface area contributed by atoms with Crippen molar-refractivity contribution >= 4 is 23.5 Å². The summed E-state index contributed by atoms with van der Waals surface area (Å²) in [7, 11) is 3.20. The Morgan fingerprint density at radius 1 is 1.00 bits per heavy atom. The third-order valence-corrected chi connectivity index (χ3v) is 5.64. The van der Waals surface area contributed by atoms with Crippen molar-refractivity contribution in [3.05, 3.63) is 59.2 Å². The number of methoxy groups -OCH3 is 2. The highest BCUT2D eigenvalue weighted by Crippen LogP contribution is 2.41. The van der Waals surface area contributed by atoms with Gasteiger partial charge in [0.2, 0.25) is 0 Å². The molecule has 0 N–H and O–H groups in total. The van der Waals surface area contributed by atoms with E-state index in [9.17, 15) is 9.59 Å². The molecule has 0 radical (unpaired) electrons. The van der Waals surface area contributed by atoms with Crippen LogP contribution in [0, 0.1) is 0 Å². The Morgan fingerprint density at radius 2 is 1.65 bits per heavy atom. The van der Waals surface area contributed by atoms with Gasteiger partial charge in [-0.3, -0.25) is 9.59 Å². The molecule has 2 aromatic rings. The van der Waals surface area contributed by atoms with Crippen LogP contribution in [-0.2, 0) is 0 Å². The maximum absolute atomic E-state index is 13.0. The van der Waals surface area contributed by atoms with Gasteiger partial charge in [-0.05, 0) is 36.8 Å². The summed E-state index contributed by atoms with van der Waals surface area (Å²) in [6, 6.07) is 12.6. The van der Waals surface area contributed by atoms with Crippen LogP contribution >= 0.6 is 11.8 Å². The summed E-state index contributed by atoms with van der Waals surface area (Å²) in [5.74, 6) is 2.14. The number of rotatable bonds is 5. The van der Waals surface area contributed by atoms with Gasteiger partial charge in [0.05, 0.1) is 14.2 Å². The zero-order valence-corrected chi connectivity index (χ0v) is 15.8. The molecule has 1 fully saturated rings. The fraction of sp³-hybridized carbons (Fsp3) is 0.300. The molecule has 136 valence electrons. The van der Waals surface area contributed by atoms with Crippen LogP contribution in [0.25, 0.3) is 0 Å². The SMILES string of the molecule is COc1ccc(C2SCCN2C(=O)c2ccc(C(C)=O)cc2)cc1OC. The normalized spacial score (nSPS) is 16.4. The molecular formula is C20H21NO4S. The first-order chi connectivity index (χ1) is 12.5. The summed E-state index contributed by atoms with van der Waals surface area (Å²) >= 11 is 1.72. The molecule has 26 heavy (non-hydrogen) atoms. The molecule has 3 rings (SSSR count). The number of benzene rings is 2. The molecule has 6 heteroatoms. The highest BCUT2D eigenvalue weighted by atomic mass is 32.2. The van der Waals surface area contributed by atoms with E-state index in [1.807, 2.05) is 23.1 Å². The van der Waals surface area contributed by atoms with Crippen LogP contribution in [0.15, 0.2) is 42.5 Å². The first-order valence-corrected chi connectivity index (χ1v) is 9.35. The van der Waals surface area contributed by atoms with Crippen molar-refractivity contribution in [3.63, 3.8) is 0 Å². The lowest BCUT2D eigenvalue weighted by molar-refractivity contribution is 0.0759. The largest absolute Gasteiger partial charge is 0.493 e. The third-order valence-electron chi connectivity index (χ3n) is 4.38. The van der Waals surface area contributed by atoms with Crippen LogP contribution in [0.4, 0.5) is 0 Å². The first kappa shape index (κ1) is 18.3. The van der Waals surface area contributed by atoms with Crippen LogP contribution in [0.1, 0.15) is 38.6 Å². The van der Waals surface area contributed by atoms with Crippen LogP contribution in [0.5, 0.6) is 11.5 Å². The van der Waals surface area contributed by atoms with E-state index in [0.717, 1.165) is 11.3 Å². The minimum Gasteiger partial charge on any atom is -0.493 e. The molecule has 1 aliphatic rings. The van der Waals surface area contributed by atoms with Gasteiger partial charge in [-0.15, -0.1) is 11.8 Å². The third kappa shape index (κ3) is 3.55. The van der Waals surface area contributed by atoms with E-state index in [0.29, 0.717) is 29.2 Å². The smallest absolute Gasteiger partial charge is 0.255 e. The van der Waals surface area contributed by atoms with Gasteiger partial charge in [-0.25, -0.2) is 0 Å². The molecular weight excluding hydrogens is 350 g/mol.